The van der Waals surface area contributed by atoms with E-state index in [9.17, 15) is 9.59 Å². The van der Waals surface area contributed by atoms with Gasteiger partial charge < -0.3 is 20.3 Å². The van der Waals surface area contributed by atoms with Gasteiger partial charge in [0.2, 0.25) is 5.91 Å². The van der Waals surface area contributed by atoms with Crippen LogP contribution in [0.3, 0.4) is 0 Å². The van der Waals surface area contributed by atoms with Crippen molar-refractivity contribution in [3.8, 4) is 12.3 Å². The molecule has 2 atom stereocenters. The van der Waals surface area contributed by atoms with Crippen LogP contribution >= 0.6 is 0 Å². The molecule has 7 heteroatoms. The molecule has 3 aromatic rings. The van der Waals surface area contributed by atoms with E-state index in [1.165, 1.54) is 0 Å². The van der Waals surface area contributed by atoms with Crippen LogP contribution in [0.4, 0.5) is 4.79 Å². The number of urea groups is 1. The molecule has 7 nitrogen and oxygen atoms in total. The van der Waals surface area contributed by atoms with Crippen molar-refractivity contribution in [2.24, 2.45) is 0 Å². The number of amides is 3. The molecule has 0 aliphatic carbocycles. The maximum absolute atomic E-state index is 13.1. The second-order valence-corrected chi connectivity index (χ2v) is 8.00. The number of hydrogen-bond acceptors (Lipinski definition) is 4. The Bertz CT molecular complexity index is 1190. The third-order valence-corrected chi connectivity index (χ3v) is 5.92. The van der Waals surface area contributed by atoms with Gasteiger partial charge in [0.05, 0.1) is 6.10 Å². The van der Waals surface area contributed by atoms with Gasteiger partial charge in [-0.15, -0.1) is 6.42 Å². The summed E-state index contributed by atoms with van der Waals surface area (Å²) in [5.41, 5.74) is 2.64. The number of nitrogens with one attached hydrogen (secondary N) is 2. The minimum atomic E-state index is -0.604. The largest absolute Gasteiger partial charge is 0.380 e. The number of terminal acetylenes is 1. The van der Waals surface area contributed by atoms with E-state index in [-0.39, 0.29) is 18.0 Å². The molecule has 0 unspecified atom stereocenters. The molecule has 1 fully saturated rings. The second kappa shape index (κ2) is 10.2. The molecule has 2 heterocycles. The predicted octanol–water partition coefficient (Wildman–Crippen LogP) is 2.83. The Morgan fingerprint density at radius 3 is 2.82 bits per heavy atom. The lowest BCUT2D eigenvalue weighted by Crippen LogP contribution is -2.49. The normalized spacial score (nSPS) is 17.5. The number of carbonyl (C=O) groups excluding carboxylic acids is 2. The minimum Gasteiger partial charge on any atom is -0.380 e. The summed E-state index contributed by atoms with van der Waals surface area (Å²) < 4.78 is 5.45. The summed E-state index contributed by atoms with van der Waals surface area (Å²) in [6.07, 6.45) is 9.18. The van der Waals surface area contributed by atoms with E-state index in [1.54, 1.807) is 24.4 Å². The first-order valence-electron chi connectivity index (χ1n) is 10.8. The van der Waals surface area contributed by atoms with Gasteiger partial charge in [-0.3, -0.25) is 9.78 Å². The summed E-state index contributed by atoms with van der Waals surface area (Å²) in [4.78, 5) is 31.6. The van der Waals surface area contributed by atoms with Crippen molar-refractivity contribution in [3.63, 3.8) is 0 Å². The lowest BCUT2D eigenvalue weighted by atomic mass is 10.0. The molecule has 1 aliphatic heterocycles. The highest BCUT2D eigenvalue weighted by Crippen LogP contribution is 2.22. The van der Waals surface area contributed by atoms with Crippen molar-refractivity contribution in [1.29, 1.82) is 0 Å². The molecule has 0 spiro atoms. The van der Waals surface area contributed by atoms with E-state index in [2.05, 4.69) is 21.5 Å². The molecule has 2 aromatic carbocycles. The van der Waals surface area contributed by atoms with Crippen LogP contribution in [0.15, 0.2) is 60.9 Å². The Balaban J connectivity index is 1.44. The molecule has 0 saturated carbocycles. The third kappa shape index (κ3) is 5.13. The van der Waals surface area contributed by atoms with Gasteiger partial charge in [-0.2, -0.15) is 0 Å². The Kier molecular flexibility index (Phi) is 6.86. The van der Waals surface area contributed by atoms with E-state index in [1.807, 2.05) is 48.5 Å². The van der Waals surface area contributed by atoms with Gasteiger partial charge in [-0.1, -0.05) is 36.3 Å². The first-order chi connectivity index (χ1) is 16.1. The number of rotatable bonds is 6. The summed E-state index contributed by atoms with van der Waals surface area (Å²) in [5, 5.41) is 7.92. The van der Waals surface area contributed by atoms with Gasteiger partial charge in [-0.25, -0.2) is 4.79 Å². The maximum atomic E-state index is 13.1. The van der Waals surface area contributed by atoms with Crippen LogP contribution in [-0.4, -0.2) is 47.6 Å². The molecule has 1 saturated heterocycles. The van der Waals surface area contributed by atoms with E-state index < -0.39 is 6.04 Å². The number of benzene rings is 2. The van der Waals surface area contributed by atoms with Gasteiger partial charge in [0.1, 0.15) is 6.04 Å². The van der Waals surface area contributed by atoms with Crippen LogP contribution in [-0.2, 0) is 22.6 Å². The highest BCUT2D eigenvalue weighted by Gasteiger charge is 2.39. The van der Waals surface area contributed by atoms with Gasteiger partial charge in [0.25, 0.3) is 0 Å². The Morgan fingerprint density at radius 2 is 2.06 bits per heavy atom. The topological polar surface area (TPSA) is 83.6 Å². The zero-order valence-corrected chi connectivity index (χ0v) is 18.5. The Hall–Kier alpha value is -3.89. The Morgan fingerprint density at radius 1 is 1.18 bits per heavy atom. The zero-order chi connectivity index (χ0) is 23.2. The summed E-state index contributed by atoms with van der Waals surface area (Å²) >= 11 is 0. The number of methoxy groups -OCH3 is 1. The van der Waals surface area contributed by atoms with Crippen molar-refractivity contribution in [2.75, 3.05) is 13.7 Å². The lowest BCUT2D eigenvalue weighted by Gasteiger charge is -2.24. The maximum Gasteiger partial charge on any atom is 0.318 e. The number of hydrogen-bond donors (Lipinski definition) is 2. The standard InChI is InChI=1S/C26H26N4O3/c1-3-18-9-10-20-7-4-8-21(23(20)12-18)16-29-26(32)30-17-22(33-2)13-24(30)25(31)28-15-19-6-5-11-27-14-19/h1,4-12,14,22,24H,13,15-17H2,2H3,(H,28,31)(H,29,32)/t22-,24+/m1/s1. The van der Waals surface area contributed by atoms with Crippen LogP contribution in [0.2, 0.25) is 0 Å². The summed E-state index contributed by atoms with van der Waals surface area (Å²) in [5.74, 6) is 2.44. The predicted molar refractivity (Wildman–Crippen MR) is 126 cm³/mol. The fourth-order valence-electron chi connectivity index (χ4n) is 4.10. The van der Waals surface area contributed by atoms with Crippen molar-refractivity contribution in [1.82, 2.24) is 20.5 Å². The van der Waals surface area contributed by atoms with E-state index in [0.29, 0.717) is 26.1 Å². The van der Waals surface area contributed by atoms with Crippen LogP contribution in [0.25, 0.3) is 10.8 Å². The number of nitrogens with zero attached hydrogens (tertiary/aromatic N) is 2. The highest BCUT2D eigenvalue weighted by atomic mass is 16.5. The molecule has 4 rings (SSSR count). The molecule has 3 amide bonds. The quantitative estimate of drug-likeness (QED) is 0.575. The lowest BCUT2D eigenvalue weighted by molar-refractivity contribution is -0.125. The number of fused-ring (bicyclic) bond motifs is 1. The monoisotopic (exact) mass is 442 g/mol. The number of ether oxygens (including phenoxy) is 1. The number of carbonyl (C=O) groups is 2. The second-order valence-electron chi connectivity index (χ2n) is 8.00. The molecule has 2 N–H and O–H groups in total. The van der Waals surface area contributed by atoms with Crippen LogP contribution in [0.5, 0.6) is 0 Å². The minimum absolute atomic E-state index is 0.194. The first-order valence-corrected chi connectivity index (χ1v) is 10.8. The summed E-state index contributed by atoms with van der Waals surface area (Å²) in [7, 11) is 1.59. The average Bonchev–Trinajstić information content (AvgIpc) is 3.31. The van der Waals surface area contributed by atoms with Gasteiger partial charge in [0, 0.05) is 51.1 Å². The van der Waals surface area contributed by atoms with Crippen molar-refractivity contribution in [2.45, 2.75) is 31.7 Å². The highest BCUT2D eigenvalue weighted by molar-refractivity contribution is 5.89. The fraction of sp³-hybridized carbons (Fsp3) is 0.269. The molecule has 33 heavy (non-hydrogen) atoms. The fourth-order valence-corrected chi connectivity index (χ4v) is 4.10. The van der Waals surface area contributed by atoms with E-state index in [4.69, 9.17) is 11.2 Å². The van der Waals surface area contributed by atoms with Crippen LogP contribution in [0, 0.1) is 12.3 Å². The smallest absolute Gasteiger partial charge is 0.318 e. The molecule has 168 valence electrons. The molecule has 1 aromatic heterocycles. The number of pyridine rings is 1. The number of likely N-dealkylation sites (tertiary alicyclic amines) is 1. The molecular formula is C26H26N4O3. The summed E-state index contributed by atoms with van der Waals surface area (Å²) in [6.45, 7) is 1.02. The van der Waals surface area contributed by atoms with Gasteiger partial charge in [-0.05, 0) is 40.1 Å². The average molecular weight is 443 g/mol. The molecule has 1 aliphatic rings. The molecular weight excluding hydrogens is 416 g/mol. The van der Waals surface area contributed by atoms with Gasteiger partial charge >= 0.3 is 6.03 Å². The molecule has 0 radical (unpaired) electrons. The Labute approximate surface area is 193 Å². The van der Waals surface area contributed by atoms with Crippen LogP contribution in [0.1, 0.15) is 23.1 Å². The van der Waals surface area contributed by atoms with Crippen molar-refractivity contribution < 1.29 is 14.3 Å². The third-order valence-electron chi connectivity index (χ3n) is 5.92. The summed E-state index contributed by atoms with van der Waals surface area (Å²) in [6, 6.07) is 14.5. The van der Waals surface area contributed by atoms with Gasteiger partial charge in [0.15, 0.2) is 0 Å². The number of aromatic nitrogens is 1. The van der Waals surface area contributed by atoms with E-state index >= 15 is 0 Å². The molecule has 0 bridgehead atoms. The van der Waals surface area contributed by atoms with E-state index in [0.717, 1.165) is 27.5 Å². The SMILES string of the molecule is C#Cc1ccc2cccc(CNC(=O)N3C[C@H](OC)C[C@H]3C(=O)NCc3cccnc3)c2c1. The van der Waals surface area contributed by atoms with Crippen molar-refractivity contribution >= 4 is 22.7 Å². The zero-order valence-electron chi connectivity index (χ0n) is 18.5. The first kappa shape index (κ1) is 22.3. The van der Waals surface area contributed by atoms with Crippen molar-refractivity contribution in [3.05, 3.63) is 77.6 Å². The van der Waals surface area contributed by atoms with Crippen LogP contribution < -0.4 is 10.6 Å².